The fraction of sp³-hybridized carbons (Fsp3) is 0.0769. The lowest BCUT2D eigenvalue weighted by atomic mass is 10.0. The van der Waals surface area contributed by atoms with Crippen molar-refractivity contribution in [1.82, 2.24) is 0 Å². The molecule has 0 atom stereocenters. The molecular weight excluding hydrogens is 225 g/mol. The van der Waals surface area contributed by atoms with Gasteiger partial charge in [-0.3, -0.25) is 0 Å². The van der Waals surface area contributed by atoms with E-state index >= 15 is 0 Å². The van der Waals surface area contributed by atoms with Gasteiger partial charge in [-0.2, -0.15) is 0 Å². The molecule has 0 aromatic heterocycles. The number of nitrogen functional groups attached to an aromatic ring is 1. The van der Waals surface area contributed by atoms with E-state index in [1.165, 1.54) is 12.1 Å². The predicted molar refractivity (Wildman–Crippen MR) is 65.1 cm³/mol. The Bertz CT molecular complexity index is 511. The highest BCUT2D eigenvalue weighted by Gasteiger charge is 2.02. The number of benzene rings is 2. The maximum Gasteiger partial charge on any atom is 0.123 e. The molecule has 0 aliphatic rings. The first-order chi connectivity index (χ1) is 7.65. The minimum atomic E-state index is -0.238. The first-order valence-corrected chi connectivity index (χ1v) is 5.31. The molecule has 0 spiro atoms. The van der Waals surface area contributed by atoms with E-state index in [2.05, 4.69) is 0 Å². The van der Waals surface area contributed by atoms with E-state index in [0.29, 0.717) is 17.1 Å². The molecule has 0 unspecified atom stereocenters. The Morgan fingerprint density at radius 3 is 2.69 bits per heavy atom. The van der Waals surface area contributed by atoms with Crippen molar-refractivity contribution in [1.29, 1.82) is 0 Å². The number of nitrogens with two attached hydrogens (primary N) is 1. The second-order valence-corrected chi connectivity index (χ2v) is 4.09. The summed E-state index contributed by atoms with van der Waals surface area (Å²) in [7, 11) is 0. The van der Waals surface area contributed by atoms with E-state index in [1.54, 1.807) is 18.2 Å². The zero-order valence-electron chi connectivity index (χ0n) is 8.58. The number of halogens is 2. The summed E-state index contributed by atoms with van der Waals surface area (Å²) in [4.78, 5) is 0. The summed E-state index contributed by atoms with van der Waals surface area (Å²) in [6, 6.07) is 11.8. The molecule has 0 amide bonds. The summed E-state index contributed by atoms with van der Waals surface area (Å²) >= 11 is 5.88. The van der Waals surface area contributed by atoms with Crippen LogP contribution in [0.3, 0.4) is 0 Å². The summed E-state index contributed by atoms with van der Waals surface area (Å²) in [6.45, 7) is 0. The molecule has 2 aromatic rings. The van der Waals surface area contributed by atoms with Crippen LogP contribution in [0.15, 0.2) is 42.5 Å². The zero-order chi connectivity index (χ0) is 11.5. The van der Waals surface area contributed by atoms with E-state index in [9.17, 15) is 4.39 Å². The van der Waals surface area contributed by atoms with Crippen molar-refractivity contribution >= 4 is 17.3 Å². The largest absolute Gasteiger partial charge is 0.398 e. The molecule has 0 saturated heterocycles. The van der Waals surface area contributed by atoms with E-state index in [1.807, 2.05) is 12.1 Å². The minimum absolute atomic E-state index is 0.238. The lowest BCUT2D eigenvalue weighted by Crippen LogP contribution is -1.96. The van der Waals surface area contributed by atoms with Gasteiger partial charge in [-0.1, -0.05) is 23.7 Å². The van der Waals surface area contributed by atoms with Gasteiger partial charge >= 0.3 is 0 Å². The van der Waals surface area contributed by atoms with Crippen molar-refractivity contribution in [2.45, 2.75) is 6.42 Å². The van der Waals surface area contributed by atoms with Crippen molar-refractivity contribution in [3.8, 4) is 0 Å². The Balaban J connectivity index is 2.30. The molecule has 0 bridgehead atoms. The molecule has 2 N–H and O–H groups in total. The molecule has 2 aromatic carbocycles. The van der Waals surface area contributed by atoms with Crippen LogP contribution in [0.25, 0.3) is 0 Å². The lowest BCUT2D eigenvalue weighted by molar-refractivity contribution is 0.626. The molecular formula is C13H11ClFN. The van der Waals surface area contributed by atoms with Gasteiger partial charge < -0.3 is 5.73 Å². The summed E-state index contributed by atoms with van der Waals surface area (Å²) in [6.07, 6.45) is 0.587. The normalized spacial score (nSPS) is 10.4. The number of rotatable bonds is 2. The van der Waals surface area contributed by atoms with Crippen molar-refractivity contribution < 1.29 is 4.39 Å². The Morgan fingerprint density at radius 1 is 1.12 bits per heavy atom. The van der Waals surface area contributed by atoms with Crippen LogP contribution in [0.1, 0.15) is 11.1 Å². The molecule has 3 heteroatoms. The Morgan fingerprint density at radius 2 is 1.94 bits per heavy atom. The Labute approximate surface area is 98.7 Å². The fourth-order valence-electron chi connectivity index (χ4n) is 1.59. The second kappa shape index (κ2) is 4.54. The van der Waals surface area contributed by atoms with Gasteiger partial charge in [0, 0.05) is 10.7 Å². The van der Waals surface area contributed by atoms with Gasteiger partial charge in [-0.25, -0.2) is 4.39 Å². The quantitative estimate of drug-likeness (QED) is 0.790. The SMILES string of the molecule is Nc1ccc(Cl)cc1Cc1cccc(F)c1. The molecule has 0 heterocycles. The molecule has 82 valence electrons. The average molecular weight is 236 g/mol. The van der Waals surface area contributed by atoms with Crippen molar-refractivity contribution in [2.24, 2.45) is 0 Å². The Hall–Kier alpha value is -1.54. The molecule has 1 nitrogen and oxygen atoms in total. The van der Waals surface area contributed by atoms with Crippen molar-refractivity contribution in [3.63, 3.8) is 0 Å². The van der Waals surface area contributed by atoms with Crippen molar-refractivity contribution in [3.05, 3.63) is 64.4 Å². The fourth-order valence-corrected chi connectivity index (χ4v) is 1.79. The predicted octanol–water partition coefficient (Wildman–Crippen LogP) is 3.65. The third-order valence-corrected chi connectivity index (χ3v) is 2.62. The first-order valence-electron chi connectivity index (χ1n) is 4.93. The lowest BCUT2D eigenvalue weighted by Gasteiger charge is -2.06. The van der Waals surface area contributed by atoms with E-state index in [4.69, 9.17) is 17.3 Å². The standard InChI is InChI=1S/C13H11ClFN/c14-11-4-5-13(16)10(8-11)6-9-2-1-3-12(15)7-9/h1-5,7-8H,6,16H2. The molecule has 16 heavy (non-hydrogen) atoms. The van der Waals surface area contributed by atoms with Gasteiger partial charge in [0.2, 0.25) is 0 Å². The van der Waals surface area contributed by atoms with Crippen LogP contribution < -0.4 is 5.73 Å². The van der Waals surface area contributed by atoms with Crippen LogP contribution in [0.2, 0.25) is 5.02 Å². The first kappa shape index (κ1) is 11.0. The second-order valence-electron chi connectivity index (χ2n) is 3.65. The summed E-state index contributed by atoms with van der Waals surface area (Å²) in [5, 5.41) is 0.639. The summed E-state index contributed by atoms with van der Waals surface area (Å²) in [5.74, 6) is -0.238. The smallest absolute Gasteiger partial charge is 0.123 e. The summed E-state index contributed by atoms with van der Waals surface area (Å²) < 4.78 is 13.0. The molecule has 0 fully saturated rings. The van der Waals surface area contributed by atoms with Crippen LogP contribution in [0.4, 0.5) is 10.1 Å². The highest BCUT2D eigenvalue weighted by molar-refractivity contribution is 6.30. The minimum Gasteiger partial charge on any atom is -0.398 e. The van der Waals surface area contributed by atoms with E-state index in [-0.39, 0.29) is 5.82 Å². The van der Waals surface area contributed by atoms with Gasteiger partial charge in [0.05, 0.1) is 0 Å². The molecule has 2 rings (SSSR count). The average Bonchev–Trinajstić information content (AvgIpc) is 2.24. The highest BCUT2D eigenvalue weighted by Crippen LogP contribution is 2.21. The third-order valence-electron chi connectivity index (χ3n) is 2.39. The van der Waals surface area contributed by atoms with Gasteiger partial charge in [-0.05, 0) is 47.9 Å². The topological polar surface area (TPSA) is 26.0 Å². The van der Waals surface area contributed by atoms with Crippen LogP contribution in [0.5, 0.6) is 0 Å². The van der Waals surface area contributed by atoms with Gasteiger partial charge in [0.1, 0.15) is 5.82 Å². The molecule has 0 aliphatic carbocycles. The molecule has 0 saturated carbocycles. The Kier molecular flexibility index (Phi) is 3.11. The molecule has 0 aliphatic heterocycles. The number of hydrogen-bond donors (Lipinski definition) is 1. The van der Waals surface area contributed by atoms with E-state index < -0.39 is 0 Å². The monoisotopic (exact) mass is 235 g/mol. The van der Waals surface area contributed by atoms with Crippen LogP contribution >= 0.6 is 11.6 Å². The molecule has 0 radical (unpaired) electrons. The maximum atomic E-state index is 13.0. The van der Waals surface area contributed by atoms with Crippen LogP contribution in [0, 0.1) is 5.82 Å². The van der Waals surface area contributed by atoms with Gasteiger partial charge in [-0.15, -0.1) is 0 Å². The van der Waals surface area contributed by atoms with Crippen molar-refractivity contribution in [2.75, 3.05) is 5.73 Å². The maximum absolute atomic E-state index is 13.0. The number of hydrogen-bond acceptors (Lipinski definition) is 1. The van der Waals surface area contributed by atoms with Gasteiger partial charge in [0.15, 0.2) is 0 Å². The third kappa shape index (κ3) is 2.52. The van der Waals surface area contributed by atoms with Crippen LogP contribution in [-0.2, 0) is 6.42 Å². The van der Waals surface area contributed by atoms with Crippen LogP contribution in [-0.4, -0.2) is 0 Å². The van der Waals surface area contributed by atoms with E-state index in [0.717, 1.165) is 11.1 Å². The summed E-state index contributed by atoms with van der Waals surface area (Å²) in [5.41, 5.74) is 8.30. The number of anilines is 1. The zero-order valence-corrected chi connectivity index (χ0v) is 9.34. The highest BCUT2D eigenvalue weighted by atomic mass is 35.5. The van der Waals surface area contributed by atoms with Gasteiger partial charge in [0.25, 0.3) is 0 Å².